The number of hydrogen-bond acceptors (Lipinski definition) is 4. The normalized spacial score (nSPS) is 10.9. The number of alkyl halides is 1. The highest BCUT2D eigenvalue weighted by Crippen LogP contribution is 2.16. The number of nitrogens with zero attached hydrogens (tertiary/aromatic N) is 2. The number of rotatable bonds is 8. The van der Waals surface area contributed by atoms with Crippen LogP contribution >= 0.6 is 22.9 Å². The standard InChI is InChI=1S/C12H20ClN3OS/c1-3-4-6-16(2)7-5-11(17)15-12-14-10(8-13)9-18-12/h9H,3-8H2,1-2H3,(H,14,15,17). The Morgan fingerprint density at radius 2 is 2.33 bits per heavy atom. The molecule has 0 spiro atoms. The monoisotopic (exact) mass is 289 g/mol. The van der Waals surface area contributed by atoms with Crippen molar-refractivity contribution in [1.82, 2.24) is 9.88 Å². The molecule has 0 aliphatic rings. The van der Waals surface area contributed by atoms with Gasteiger partial charge < -0.3 is 10.2 Å². The molecule has 18 heavy (non-hydrogen) atoms. The van der Waals surface area contributed by atoms with Crippen molar-refractivity contribution in [3.8, 4) is 0 Å². The molecular weight excluding hydrogens is 270 g/mol. The van der Waals surface area contributed by atoms with Gasteiger partial charge in [-0.15, -0.1) is 22.9 Å². The third-order valence-electron chi connectivity index (χ3n) is 2.55. The highest BCUT2D eigenvalue weighted by atomic mass is 35.5. The van der Waals surface area contributed by atoms with Crippen molar-refractivity contribution in [3.05, 3.63) is 11.1 Å². The number of carbonyl (C=O) groups is 1. The molecule has 1 N–H and O–H groups in total. The van der Waals surface area contributed by atoms with Crippen LogP contribution in [0.1, 0.15) is 31.9 Å². The molecule has 0 saturated carbocycles. The number of nitrogens with one attached hydrogen (secondary N) is 1. The second kappa shape index (κ2) is 8.45. The van der Waals surface area contributed by atoms with Gasteiger partial charge in [-0.1, -0.05) is 13.3 Å². The van der Waals surface area contributed by atoms with Crippen molar-refractivity contribution in [2.45, 2.75) is 32.1 Å². The van der Waals surface area contributed by atoms with Gasteiger partial charge in [0.15, 0.2) is 5.13 Å². The highest BCUT2D eigenvalue weighted by molar-refractivity contribution is 7.13. The zero-order chi connectivity index (χ0) is 13.4. The van der Waals surface area contributed by atoms with Gasteiger partial charge in [-0.05, 0) is 20.0 Å². The van der Waals surface area contributed by atoms with E-state index in [4.69, 9.17) is 11.6 Å². The molecule has 0 aromatic carbocycles. The van der Waals surface area contributed by atoms with Crippen LogP contribution in [0.5, 0.6) is 0 Å². The number of anilines is 1. The van der Waals surface area contributed by atoms with Crippen molar-refractivity contribution in [3.63, 3.8) is 0 Å². The summed E-state index contributed by atoms with van der Waals surface area (Å²) in [5.74, 6) is 0.389. The quantitative estimate of drug-likeness (QED) is 0.749. The number of hydrogen-bond donors (Lipinski definition) is 1. The van der Waals surface area contributed by atoms with Gasteiger partial charge in [-0.3, -0.25) is 4.79 Å². The number of unbranched alkanes of at least 4 members (excludes halogenated alkanes) is 1. The van der Waals surface area contributed by atoms with Gasteiger partial charge in [-0.25, -0.2) is 4.98 Å². The van der Waals surface area contributed by atoms with Gasteiger partial charge >= 0.3 is 0 Å². The fourth-order valence-corrected chi connectivity index (χ4v) is 2.39. The van der Waals surface area contributed by atoms with Crippen LogP contribution in [0.4, 0.5) is 5.13 Å². The molecule has 102 valence electrons. The summed E-state index contributed by atoms with van der Waals surface area (Å²) >= 11 is 7.06. The summed E-state index contributed by atoms with van der Waals surface area (Å²) in [4.78, 5) is 18.0. The molecule has 0 atom stereocenters. The van der Waals surface area contributed by atoms with Gasteiger partial charge in [0.25, 0.3) is 0 Å². The lowest BCUT2D eigenvalue weighted by molar-refractivity contribution is -0.116. The Labute approximate surface area is 117 Å². The largest absolute Gasteiger partial charge is 0.306 e. The molecule has 0 saturated heterocycles. The molecule has 1 heterocycles. The first-order valence-electron chi connectivity index (χ1n) is 6.14. The van der Waals surface area contributed by atoms with E-state index in [2.05, 4.69) is 22.1 Å². The maximum Gasteiger partial charge on any atom is 0.227 e. The van der Waals surface area contributed by atoms with Crippen LogP contribution in [0.3, 0.4) is 0 Å². The predicted molar refractivity (Wildman–Crippen MR) is 77.3 cm³/mol. The van der Waals surface area contributed by atoms with E-state index in [1.165, 1.54) is 24.2 Å². The van der Waals surface area contributed by atoms with Crippen molar-refractivity contribution in [2.75, 3.05) is 25.5 Å². The Morgan fingerprint density at radius 3 is 2.94 bits per heavy atom. The summed E-state index contributed by atoms with van der Waals surface area (Å²) in [6.07, 6.45) is 2.84. The molecule has 1 amide bonds. The molecule has 0 radical (unpaired) electrons. The Balaban J connectivity index is 2.24. The number of thiazole rings is 1. The van der Waals surface area contributed by atoms with Gasteiger partial charge in [-0.2, -0.15) is 0 Å². The van der Waals surface area contributed by atoms with Crippen molar-refractivity contribution < 1.29 is 4.79 Å². The third kappa shape index (κ3) is 5.80. The van der Waals surface area contributed by atoms with Gasteiger partial charge in [0.1, 0.15) is 0 Å². The van der Waals surface area contributed by atoms with E-state index >= 15 is 0 Å². The average Bonchev–Trinajstić information content (AvgIpc) is 2.81. The topological polar surface area (TPSA) is 45.2 Å². The van der Waals surface area contributed by atoms with Crippen molar-refractivity contribution in [2.24, 2.45) is 0 Å². The molecule has 0 unspecified atom stereocenters. The maximum atomic E-state index is 11.7. The molecule has 0 aliphatic carbocycles. The van der Waals surface area contributed by atoms with Crippen LogP contribution < -0.4 is 5.32 Å². The number of carbonyl (C=O) groups excluding carboxylic acids is 1. The molecule has 0 fully saturated rings. The van der Waals surface area contributed by atoms with Crippen LogP contribution in [0.2, 0.25) is 0 Å². The summed E-state index contributed by atoms with van der Waals surface area (Å²) in [6, 6.07) is 0. The lowest BCUT2D eigenvalue weighted by Crippen LogP contribution is -2.25. The first kappa shape index (κ1) is 15.4. The Bertz CT molecular complexity index is 370. The van der Waals surface area contributed by atoms with Crippen LogP contribution in [-0.2, 0) is 10.7 Å². The van der Waals surface area contributed by atoms with Crippen molar-refractivity contribution in [1.29, 1.82) is 0 Å². The minimum atomic E-state index is 0.00817. The van der Waals surface area contributed by atoms with E-state index in [0.29, 0.717) is 17.4 Å². The van der Waals surface area contributed by atoms with E-state index < -0.39 is 0 Å². The van der Waals surface area contributed by atoms with Crippen LogP contribution in [0, 0.1) is 0 Å². The Kier molecular flexibility index (Phi) is 7.23. The molecule has 1 aromatic rings. The fourth-order valence-electron chi connectivity index (χ4n) is 1.44. The predicted octanol–water partition coefficient (Wildman–Crippen LogP) is 2.94. The second-order valence-corrected chi connectivity index (χ2v) is 5.36. The minimum absolute atomic E-state index is 0.00817. The van der Waals surface area contributed by atoms with E-state index in [1.807, 2.05) is 12.4 Å². The molecule has 4 nitrogen and oxygen atoms in total. The summed E-state index contributed by atoms with van der Waals surface area (Å²) < 4.78 is 0. The Morgan fingerprint density at radius 1 is 1.56 bits per heavy atom. The van der Waals surface area contributed by atoms with E-state index in [-0.39, 0.29) is 5.91 Å². The maximum absolute atomic E-state index is 11.7. The minimum Gasteiger partial charge on any atom is -0.306 e. The molecule has 1 aromatic heterocycles. The second-order valence-electron chi connectivity index (χ2n) is 4.23. The summed E-state index contributed by atoms with van der Waals surface area (Å²) in [5, 5.41) is 5.28. The fraction of sp³-hybridized carbons (Fsp3) is 0.667. The first-order valence-corrected chi connectivity index (χ1v) is 7.56. The van der Waals surface area contributed by atoms with Gasteiger partial charge in [0.2, 0.25) is 5.91 Å². The lowest BCUT2D eigenvalue weighted by Gasteiger charge is -2.15. The van der Waals surface area contributed by atoms with E-state index in [0.717, 1.165) is 18.8 Å². The average molecular weight is 290 g/mol. The third-order valence-corrected chi connectivity index (χ3v) is 3.63. The van der Waals surface area contributed by atoms with Crippen molar-refractivity contribution >= 4 is 34.0 Å². The smallest absolute Gasteiger partial charge is 0.227 e. The first-order chi connectivity index (χ1) is 8.65. The molecule has 0 aliphatic heterocycles. The van der Waals surface area contributed by atoms with Gasteiger partial charge in [0.05, 0.1) is 11.6 Å². The lowest BCUT2D eigenvalue weighted by atomic mass is 10.3. The number of aromatic nitrogens is 1. The molecular formula is C12H20ClN3OS. The summed E-state index contributed by atoms with van der Waals surface area (Å²) in [7, 11) is 2.04. The van der Waals surface area contributed by atoms with Crippen LogP contribution in [-0.4, -0.2) is 35.9 Å². The number of halogens is 1. The molecule has 6 heteroatoms. The molecule has 1 rings (SSSR count). The number of amides is 1. The van der Waals surface area contributed by atoms with E-state index in [9.17, 15) is 4.79 Å². The highest BCUT2D eigenvalue weighted by Gasteiger charge is 2.07. The van der Waals surface area contributed by atoms with Gasteiger partial charge in [0, 0.05) is 18.3 Å². The van der Waals surface area contributed by atoms with Crippen LogP contribution in [0.15, 0.2) is 5.38 Å². The Hall–Kier alpha value is -0.650. The summed E-state index contributed by atoms with van der Waals surface area (Å²) in [6.45, 7) is 3.98. The summed E-state index contributed by atoms with van der Waals surface area (Å²) in [5.41, 5.74) is 0.803. The molecule has 0 bridgehead atoms. The zero-order valence-electron chi connectivity index (χ0n) is 10.9. The van der Waals surface area contributed by atoms with Crippen LogP contribution in [0.25, 0.3) is 0 Å². The SMILES string of the molecule is CCCCN(C)CCC(=O)Nc1nc(CCl)cs1. The zero-order valence-corrected chi connectivity index (χ0v) is 12.5. The van der Waals surface area contributed by atoms with E-state index in [1.54, 1.807) is 0 Å².